The van der Waals surface area contributed by atoms with Crippen LogP contribution in [0.3, 0.4) is 0 Å². The van der Waals surface area contributed by atoms with Gasteiger partial charge in [-0.3, -0.25) is 4.79 Å². The molecule has 96 valence electrons. The molecule has 0 unspecified atom stereocenters. The summed E-state index contributed by atoms with van der Waals surface area (Å²) >= 11 is 4.80. The molecule has 0 atom stereocenters. The van der Waals surface area contributed by atoms with E-state index < -0.39 is 0 Å². The molecule has 2 rings (SSSR count). The van der Waals surface area contributed by atoms with Crippen molar-refractivity contribution in [1.82, 2.24) is 4.90 Å². The van der Waals surface area contributed by atoms with E-state index in [1.54, 1.807) is 0 Å². The Labute approximate surface area is 112 Å². The molecule has 1 amide bonds. The molecule has 0 aliphatic carbocycles. The van der Waals surface area contributed by atoms with Gasteiger partial charge >= 0.3 is 0 Å². The Balaban J connectivity index is 2.17. The first-order valence-electron chi connectivity index (χ1n) is 6.04. The van der Waals surface area contributed by atoms with Crippen LogP contribution in [-0.4, -0.2) is 29.0 Å². The van der Waals surface area contributed by atoms with E-state index in [1.807, 2.05) is 30.0 Å². The molecule has 1 saturated heterocycles. The van der Waals surface area contributed by atoms with Crippen LogP contribution in [0, 0.1) is 6.92 Å². The molecule has 0 bridgehead atoms. The maximum atomic E-state index is 12.2. The molecule has 0 aromatic heterocycles. The minimum atomic E-state index is 0.109. The third-order valence-corrected chi connectivity index (χ3v) is 3.23. The number of hydrogen-bond donors (Lipinski definition) is 2. The van der Waals surface area contributed by atoms with Crippen molar-refractivity contribution in [2.24, 2.45) is 5.73 Å². The molecule has 0 spiro atoms. The Kier molecular flexibility index (Phi) is 3.81. The van der Waals surface area contributed by atoms with Gasteiger partial charge in [0.2, 0.25) is 0 Å². The van der Waals surface area contributed by atoms with Crippen molar-refractivity contribution in [3.63, 3.8) is 0 Å². The quantitative estimate of drug-likeness (QED) is 0.800. The van der Waals surface area contributed by atoms with Gasteiger partial charge in [0, 0.05) is 24.3 Å². The second kappa shape index (κ2) is 5.35. The molecule has 5 heteroatoms. The molecule has 1 aliphatic rings. The lowest BCUT2D eigenvalue weighted by Crippen LogP contribution is -2.27. The standard InChI is InChI=1S/C13H17N3OS/c1-9-8-10(4-5-11(9)15-13(14)18)12(17)16-6-2-3-7-16/h4-5,8H,2-3,6-7H2,1H3,(H3,14,15,18). The van der Waals surface area contributed by atoms with Crippen molar-refractivity contribution in [2.45, 2.75) is 19.8 Å². The Morgan fingerprint density at radius 1 is 1.39 bits per heavy atom. The predicted molar refractivity (Wildman–Crippen MR) is 76.7 cm³/mol. The lowest BCUT2D eigenvalue weighted by molar-refractivity contribution is 0.0793. The summed E-state index contributed by atoms with van der Waals surface area (Å²) in [5, 5.41) is 3.13. The first kappa shape index (κ1) is 12.8. The number of carbonyl (C=O) groups excluding carboxylic acids is 1. The Bertz CT molecular complexity index is 481. The smallest absolute Gasteiger partial charge is 0.253 e. The van der Waals surface area contributed by atoms with Crippen LogP contribution < -0.4 is 11.1 Å². The van der Waals surface area contributed by atoms with Crippen LogP contribution >= 0.6 is 12.2 Å². The van der Waals surface area contributed by atoms with Gasteiger partial charge in [0.15, 0.2) is 5.11 Å². The van der Waals surface area contributed by atoms with Gasteiger partial charge in [-0.2, -0.15) is 0 Å². The van der Waals surface area contributed by atoms with Crippen LogP contribution in [0.1, 0.15) is 28.8 Å². The molecular weight excluding hydrogens is 246 g/mol. The number of likely N-dealkylation sites (tertiary alicyclic amines) is 1. The van der Waals surface area contributed by atoms with Crippen molar-refractivity contribution < 1.29 is 4.79 Å². The highest BCUT2D eigenvalue weighted by molar-refractivity contribution is 7.80. The zero-order valence-electron chi connectivity index (χ0n) is 10.4. The average molecular weight is 263 g/mol. The fourth-order valence-electron chi connectivity index (χ4n) is 2.17. The lowest BCUT2D eigenvalue weighted by atomic mass is 10.1. The predicted octanol–water partition coefficient (Wildman–Crippen LogP) is 1.89. The zero-order chi connectivity index (χ0) is 13.1. The second-order valence-corrected chi connectivity index (χ2v) is 4.96. The van der Waals surface area contributed by atoms with E-state index in [9.17, 15) is 4.79 Å². The fraction of sp³-hybridized carbons (Fsp3) is 0.385. The molecule has 3 N–H and O–H groups in total. The summed E-state index contributed by atoms with van der Waals surface area (Å²) in [5.41, 5.74) is 7.97. The third-order valence-electron chi connectivity index (χ3n) is 3.12. The van der Waals surface area contributed by atoms with Crippen molar-refractivity contribution in [2.75, 3.05) is 18.4 Å². The summed E-state index contributed by atoms with van der Waals surface area (Å²) in [6.45, 7) is 3.66. The SMILES string of the molecule is Cc1cc(C(=O)N2CCCC2)ccc1NC(N)=S. The Hall–Kier alpha value is -1.62. The zero-order valence-corrected chi connectivity index (χ0v) is 11.2. The highest BCUT2D eigenvalue weighted by Crippen LogP contribution is 2.19. The molecular formula is C13H17N3OS. The minimum Gasteiger partial charge on any atom is -0.376 e. The summed E-state index contributed by atoms with van der Waals surface area (Å²) in [6, 6.07) is 5.54. The highest BCUT2D eigenvalue weighted by atomic mass is 32.1. The number of aryl methyl sites for hydroxylation is 1. The van der Waals surface area contributed by atoms with Crippen molar-refractivity contribution in [1.29, 1.82) is 0 Å². The number of thiocarbonyl (C=S) groups is 1. The van der Waals surface area contributed by atoms with Gasteiger partial charge in [-0.1, -0.05) is 0 Å². The first-order valence-corrected chi connectivity index (χ1v) is 6.45. The van der Waals surface area contributed by atoms with Crippen LogP contribution in [0.5, 0.6) is 0 Å². The number of nitrogens with two attached hydrogens (primary N) is 1. The van der Waals surface area contributed by atoms with Gasteiger partial charge in [0.05, 0.1) is 0 Å². The van der Waals surface area contributed by atoms with Gasteiger partial charge in [0.1, 0.15) is 0 Å². The molecule has 4 nitrogen and oxygen atoms in total. The summed E-state index contributed by atoms with van der Waals surface area (Å²) in [5.74, 6) is 0.109. The first-order chi connectivity index (χ1) is 8.58. The third kappa shape index (κ3) is 2.79. The average Bonchev–Trinajstić information content (AvgIpc) is 2.84. The molecule has 1 aromatic carbocycles. The summed E-state index contributed by atoms with van der Waals surface area (Å²) in [6.07, 6.45) is 2.21. The molecule has 1 heterocycles. The summed E-state index contributed by atoms with van der Waals surface area (Å²) < 4.78 is 0. The van der Waals surface area contributed by atoms with E-state index in [2.05, 4.69) is 5.32 Å². The van der Waals surface area contributed by atoms with Gasteiger partial charge < -0.3 is 16.0 Å². The summed E-state index contributed by atoms with van der Waals surface area (Å²) in [4.78, 5) is 14.1. The van der Waals surface area contributed by atoms with Crippen molar-refractivity contribution in [3.8, 4) is 0 Å². The Morgan fingerprint density at radius 3 is 2.61 bits per heavy atom. The number of benzene rings is 1. The largest absolute Gasteiger partial charge is 0.376 e. The van der Waals surface area contributed by atoms with Crippen molar-refractivity contribution in [3.05, 3.63) is 29.3 Å². The number of amides is 1. The number of nitrogens with one attached hydrogen (secondary N) is 1. The molecule has 1 aromatic rings. The van der Waals surface area contributed by atoms with Crippen LogP contribution in [0.4, 0.5) is 5.69 Å². The number of hydrogen-bond acceptors (Lipinski definition) is 2. The van der Waals surface area contributed by atoms with Crippen LogP contribution in [0.15, 0.2) is 18.2 Å². The van der Waals surface area contributed by atoms with E-state index in [-0.39, 0.29) is 11.0 Å². The molecule has 1 aliphatic heterocycles. The fourth-order valence-corrected chi connectivity index (χ4v) is 2.28. The number of anilines is 1. The maximum Gasteiger partial charge on any atom is 0.253 e. The van der Waals surface area contributed by atoms with Gasteiger partial charge in [-0.05, 0) is 55.7 Å². The van der Waals surface area contributed by atoms with E-state index in [1.165, 1.54) is 0 Å². The topological polar surface area (TPSA) is 58.4 Å². The Morgan fingerprint density at radius 2 is 2.06 bits per heavy atom. The molecule has 0 radical (unpaired) electrons. The van der Waals surface area contributed by atoms with E-state index in [4.69, 9.17) is 18.0 Å². The van der Waals surface area contributed by atoms with E-state index in [0.29, 0.717) is 0 Å². The van der Waals surface area contributed by atoms with E-state index in [0.717, 1.165) is 42.7 Å². The number of nitrogens with zero attached hydrogens (tertiary/aromatic N) is 1. The van der Waals surface area contributed by atoms with Crippen LogP contribution in [-0.2, 0) is 0 Å². The van der Waals surface area contributed by atoms with Gasteiger partial charge in [-0.15, -0.1) is 0 Å². The lowest BCUT2D eigenvalue weighted by Gasteiger charge is -2.16. The monoisotopic (exact) mass is 263 g/mol. The van der Waals surface area contributed by atoms with Crippen molar-refractivity contribution >= 4 is 28.9 Å². The van der Waals surface area contributed by atoms with E-state index >= 15 is 0 Å². The molecule has 1 fully saturated rings. The van der Waals surface area contributed by atoms with Gasteiger partial charge in [0.25, 0.3) is 5.91 Å². The van der Waals surface area contributed by atoms with Crippen LogP contribution in [0.2, 0.25) is 0 Å². The molecule has 0 saturated carbocycles. The number of rotatable bonds is 2. The van der Waals surface area contributed by atoms with Crippen LogP contribution in [0.25, 0.3) is 0 Å². The summed E-state index contributed by atoms with van der Waals surface area (Å²) in [7, 11) is 0. The minimum absolute atomic E-state index is 0.109. The van der Waals surface area contributed by atoms with Gasteiger partial charge in [-0.25, -0.2) is 0 Å². The molecule has 18 heavy (non-hydrogen) atoms. The normalized spacial score (nSPS) is 14.6. The second-order valence-electron chi connectivity index (χ2n) is 4.52. The highest BCUT2D eigenvalue weighted by Gasteiger charge is 2.19. The maximum absolute atomic E-state index is 12.2. The number of carbonyl (C=O) groups is 1.